The first-order valence-corrected chi connectivity index (χ1v) is 6.68. The van der Waals surface area contributed by atoms with Gasteiger partial charge >= 0.3 is 0 Å². The van der Waals surface area contributed by atoms with E-state index in [4.69, 9.17) is 9.47 Å². The monoisotopic (exact) mass is 262 g/mol. The highest BCUT2D eigenvalue weighted by Crippen LogP contribution is 2.40. The second-order valence-corrected chi connectivity index (χ2v) is 5.34. The Bertz CT molecular complexity index is 511. The molecule has 1 aromatic carbocycles. The van der Waals surface area contributed by atoms with Gasteiger partial charge in [-0.1, -0.05) is 18.2 Å². The van der Waals surface area contributed by atoms with Gasteiger partial charge in [0, 0.05) is 18.4 Å². The quantitative estimate of drug-likeness (QED) is 0.826. The Hall–Kier alpha value is -1.23. The van der Waals surface area contributed by atoms with Crippen LogP contribution in [0.5, 0.6) is 0 Å². The molecule has 0 aliphatic carbocycles. The summed E-state index contributed by atoms with van der Waals surface area (Å²) in [5.41, 5.74) is 2.87. The zero-order valence-electron chi connectivity index (χ0n) is 11.0. The summed E-state index contributed by atoms with van der Waals surface area (Å²) < 4.78 is 11.7. The predicted octanol–water partition coefficient (Wildman–Crippen LogP) is 1.83. The molecule has 4 nitrogen and oxygen atoms in total. The summed E-state index contributed by atoms with van der Waals surface area (Å²) >= 11 is 0. The highest BCUT2D eigenvalue weighted by atomic mass is 16.7. The lowest BCUT2D eigenvalue weighted by molar-refractivity contribution is -0.242. The SMILES string of the molecule is CC(=O)c1cccc2c1C[C@]1(CC[C@@H](CO)O1)OC2. The Morgan fingerprint density at radius 3 is 3.05 bits per heavy atom. The van der Waals surface area contributed by atoms with Crippen molar-refractivity contribution in [2.45, 2.75) is 44.7 Å². The van der Waals surface area contributed by atoms with E-state index >= 15 is 0 Å². The largest absolute Gasteiger partial charge is 0.394 e. The number of hydrogen-bond donors (Lipinski definition) is 1. The molecule has 1 fully saturated rings. The molecule has 0 amide bonds. The van der Waals surface area contributed by atoms with E-state index in [0.717, 1.165) is 29.5 Å². The van der Waals surface area contributed by atoms with Crippen LogP contribution in [0.15, 0.2) is 18.2 Å². The predicted molar refractivity (Wildman–Crippen MR) is 68.9 cm³/mol. The van der Waals surface area contributed by atoms with Gasteiger partial charge in [0.05, 0.1) is 19.3 Å². The van der Waals surface area contributed by atoms with Gasteiger partial charge in [-0.2, -0.15) is 0 Å². The molecule has 0 bridgehead atoms. The first-order valence-electron chi connectivity index (χ1n) is 6.68. The number of ether oxygens (including phenoxy) is 2. The molecule has 2 aliphatic rings. The first kappa shape index (κ1) is 12.8. The highest BCUT2D eigenvalue weighted by Gasteiger charge is 2.44. The minimum absolute atomic E-state index is 0.0202. The van der Waals surface area contributed by atoms with E-state index < -0.39 is 5.79 Å². The van der Waals surface area contributed by atoms with E-state index in [2.05, 4.69) is 0 Å². The number of carbonyl (C=O) groups is 1. The van der Waals surface area contributed by atoms with Crippen LogP contribution in [-0.4, -0.2) is 29.4 Å². The Morgan fingerprint density at radius 1 is 1.53 bits per heavy atom. The molecule has 0 aromatic heterocycles. The fraction of sp³-hybridized carbons (Fsp3) is 0.533. The molecular formula is C15H18O4. The number of Topliss-reactive ketones (excluding diaryl/α,β-unsaturated/α-hetero) is 1. The third-order valence-electron chi connectivity index (χ3n) is 4.02. The number of aliphatic hydroxyl groups excluding tert-OH is 1. The van der Waals surface area contributed by atoms with Crippen molar-refractivity contribution in [1.29, 1.82) is 0 Å². The number of aliphatic hydroxyl groups is 1. The Labute approximate surface area is 112 Å². The molecule has 19 heavy (non-hydrogen) atoms. The van der Waals surface area contributed by atoms with Crippen molar-refractivity contribution in [2.24, 2.45) is 0 Å². The minimum Gasteiger partial charge on any atom is -0.394 e. The summed E-state index contributed by atoms with van der Waals surface area (Å²) in [5, 5.41) is 9.18. The number of fused-ring (bicyclic) bond motifs is 1. The molecular weight excluding hydrogens is 244 g/mol. The molecule has 102 valence electrons. The van der Waals surface area contributed by atoms with Crippen molar-refractivity contribution >= 4 is 5.78 Å². The second-order valence-electron chi connectivity index (χ2n) is 5.34. The van der Waals surface area contributed by atoms with Crippen LogP contribution in [0.1, 0.15) is 41.3 Å². The number of hydrogen-bond acceptors (Lipinski definition) is 4. The van der Waals surface area contributed by atoms with E-state index in [1.165, 1.54) is 0 Å². The van der Waals surface area contributed by atoms with Crippen molar-refractivity contribution in [1.82, 2.24) is 0 Å². The Balaban J connectivity index is 1.93. The van der Waals surface area contributed by atoms with E-state index in [1.807, 2.05) is 18.2 Å². The molecule has 1 spiro atoms. The molecule has 2 aliphatic heterocycles. The van der Waals surface area contributed by atoms with Gasteiger partial charge in [0.1, 0.15) is 0 Å². The zero-order chi connectivity index (χ0) is 13.5. The maximum Gasteiger partial charge on any atom is 0.173 e. The number of rotatable bonds is 2. The van der Waals surface area contributed by atoms with Gasteiger partial charge < -0.3 is 14.6 Å². The van der Waals surface area contributed by atoms with Gasteiger partial charge in [0.15, 0.2) is 11.6 Å². The first-order chi connectivity index (χ1) is 9.13. The van der Waals surface area contributed by atoms with Gasteiger partial charge in [-0.15, -0.1) is 0 Å². The molecule has 0 unspecified atom stereocenters. The van der Waals surface area contributed by atoms with Crippen LogP contribution in [0.25, 0.3) is 0 Å². The minimum atomic E-state index is -0.647. The van der Waals surface area contributed by atoms with Crippen LogP contribution in [0.3, 0.4) is 0 Å². The van der Waals surface area contributed by atoms with Crippen LogP contribution in [0, 0.1) is 0 Å². The van der Waals surface area contributed by atoms with Crippen molar-refractivity contribution in [3.05, 3.63) is 34.9 Å². The molecule has 0 saturated carbocycles. The summed E-state index contributed by atoms with van der Waals surface area (Å²) in [6, 6.07) is 5.74. The van der Waals surface area contributed by atoms with Crippen LogP contribution in [0.2, 0.25) is 0 Å². The van der Waals surface area contributed by atoms with Crippen molar-refractivity contribution in [2.75, 3.05) is 6.61 Å². The Morgan fingerprint density at radius 2 is 2.37 bits per heavy atom. The molecule has 4 heteroatoms. The normalized spacial score (nSPS) is 29.5. The number of ketones is 1. The van der Waals surface area contributed by atoms with Crippen LogP contribution < -0.4 is 0 Å². The molecule has 2 heterocycles. The lowest BCUT2D eigenvalue weighted by Gasteiger charge is -2.35. The number of carbonyl (C=O) groups excluding carboxylic acids is 1. The Kier molecular flexibility index (Phi) is 3.17. The standard InChI is InChI=1S/C15H18O4/c1-10(17)13-4-2-3-11-9-18-15(7-14(11)13)6-5-12(8-16)19-15/h2-4,12,16H,5-9H2,1H3/t12-,15+/m0/s1. The maximum absolute atomic E-state index is 11.7. The molecule has 1 saturated heterocycles. The van der Waals surface area contributed by atoms with Crippen molar-refractivity contribution < 1.29 is 19.4 Å². The van der Waals surface area contributed by atoms with Crippen LogP contribution in [0.4, 0.5) is 0 Å². The fourth-order valence-electron chi connectivity index (χ4n) is 3.01. The van der Waals surface area contributed by atoms with E-state index in [0.29, 0.717) is 13.0 Å². The fourth-order valence-corrected chi connectivity index (χ4v) is 3.01. The van der Waals surface area contributed by atoms with Gasteiger partial charge in [0.2, 0.25) is 0 Å². The third-order valence-corrected chi connectivity index (χ3v) is 4.02. The average Bonchev–Trinajstić information content (AvgIpc) is 2.81. The van der Waals surface area contributed by atoms with Crippen LogP contribution >= 0.6 is 0 Å². The smallest absolute Gasteiger partial charge is 0.173 e. The van der Waals surface area contributed by atoms with E-state index in [-0.39, 0.29) is 18.5 Å². The number of benzene rings is 1. The van der Waals surface area contributed by atoms with E-state index in [1.54, 1.807) is 6.92 Å². The summed E-state index contributed by atoms with van der Waals surface area (Å²) in [4.78, 5) is 11.7. The summed E-state index contributed by atoms with van der Waals surface area (Å²) in [5.74, 6) is -0.572. The molecule has 3 rings (SSSR count). The lowest BCUT2D eigenvalue weighted by Crippen LogP contribution is -2.39. The second kappa shape index (κ2) is 4.71. The molecule has 0 radical (unpaired) electrons. The molecule has 1 aromatic rings. The summed E-state index contributed by atoms with van der Waals surface area (Å²) in [6.07, 6.45) is 2.01. The molecule has 1 N–H and O–H groups in total. The van der Waals surface area contributed by atoms with Crippen LogP contribution in [-0.2, 0) is 22.5 Å². The molecule has 2 atom stereocenters. The van der Waals surface area contributed by atoms with Crippen molar-refractivity contribution in [3.63, 3.8) is 0 Å². The van der Waals surface area contributed by atoms with Gasteiger partial charge in [-0.3, -0.25) is 4.79 Å². The lowest BCUT2D eigenvalue weighted by atomic mass is 9.90. The van der Waals surface area contributed by atoms with Gasteiger partial charge in [-0.05, 0) is 24.5 Å². The average molecular weight is 262 g/mol. The maximum atomic E-state index is 11.7. The zero-order valence-corrected chi connectivity index (χ0v) is 11.0. The van der Waals surface area contributed by atoms with Crippen molar-refractivity contribution in [3.8, 4) is 0 Å². The van der Waals surface area contributed by atoms with Gasteiger partial charge in [-0.25, -0.2) is 0 Å². The summed E-state index contributed by atoms with van der Waals surface area (Å²) in [7, 11) is 0. The summed E-state index contributed by atoms with van der Waals surface area (Å²) in [6.45, 7) is 2.07. The topological polar surface area (TPSA) is 55.8 Å². The highest BCUT2D eigenvalue weighted by molar-refractivity contribution is 5.96. The van der Waals surface area contributed by atoms with Gasteiger partial charge in [0.25, 0.3) is 0 Å². The van der Waals surface area contributed by atoms with E-state index in [9.17, 15) is 9.90 Å². The third kappa shape index (κ3) is 2.20.